The number of aromatic amines is 2. The summed E-state index contributed by atoms with van der Waals surface area (Å²) in [6.45, 7) is -0.241. The Morgan fingerprint density at radius 3 is 1.92 bits per heavy atom. The average Bonchev–Trinajstić information content (AvgIpc) is 3.28. The van der Waals surface area contributed by atoms with Crippen molar-refractivity contribution in [1.82, 2.24) is 19.1 Å². The first-order valence-electron chi connectivity index (χ1n) is 10.9. The molecule has 0 amide bonds. The van der Waals surface area contributed by atoms with Gasteiger partial charge in [-0.1, -0.05) is 0 Å². The van der Waals surface area contributed by atoms with Gasteiger partial charge in [-0.2, -0.15) is 0 Å². The van der Waals surface area contributed by atoms with Crippen LogP contribution in [0.2, 0.25) is 0 Å². The summed E-state index contributed by atoms with van der Waals surface area (Å²) < 4.78 is 36.4. The Bertz CT molecular complexity index is 1400. The van der Waals surface area contributed by atoms with Gasteiger partial charge in [0.25, 0.3) is 11.1 Å². The number of aliphatic hydroxyl groups is 4. The summed E-state index contributed by atoms with van der Waals surface area (Å²) in [5.74, 6) is 0. The molecule has 17 nitrogen and oxygen atoms in total. The number of hydrogen-bond donors (Lipinski definition) is 6. The maximum atomic E-state index is 13.0. The second-order valence-corrected chi connectivity index (χ2v) is 10.5. The minimum atomic E-state index is -4.06. The van der Waals surface area contributed by atoms with Crippen LogP contribution in [0.3, 0.4) is 0 Å². The summed E-state index contributed by atoms with van der Waals surface area (Å²) in [4.78, 5) is 50.6. The lowest BCUT2D eigenvalue weighted by molar-refractivity contribution is -0.0576. The SMILES string of the molecule is CP(=O)(OC[C@H]1O[C@@H](n2ccc(=O)[nH]c2=O)[C@H](O)[C@@H]1O)O[C@H]1[C@@H](O)[C@H](n2ccc(=O)[nH]c2=O)O[C@@H]1CO. The van der Waals surface area contributed by atoms with E-state index in [1.807, 2.05) is 9.97 Å². The predicted molar refractivity (Wildman–Crippen MR) is 120 cm³/mol. The number of hydrogen-bond acceptors (Lipinski definition) is 13. The van der Waals surface area contributed by atoms with Crippen LogP contribution >= 0.6 is 7.60 Å². The van der Waals surface area contributed by atoms with Crippen molar-refractivity contribution in [2.75, 3.05) is 19.9 Å². The van der Waals surface area contributed by atoms with E-state index in [1.165, 1.54) is 0 Å². The van der Waals surface area contributed by atoms with Gasteiger partial charge in [0.05, 0.1) is 13.2 Å². The Hall–Kier alpha value is -2.73. The van der Waals surface area contributed by atoms with Crippen molar-refractivity contribution in [2.24, 2.45) is 0 Å². The van der Waals surface area contributed by atoms with Crippen molar-refractivity contribution in [1.29, 1.82) is 0 Å². The van der Waals surface area contributed by atoms with Gasteiger partial charge in [-0.3, -0.25) is 37.8 Å². The Morgan fingerprint density at radius 1 is 0.892 bits per heavy atom. The molecule has 0 aliphatic carbocycles. The Labute approximate surface area is 206 Å². The van der Waals surface area contributed by atoms with Crippen molar-refractivity contribution in [3.63, 3.8) is 0 Å². The molecule has 0 radical (unpaired) electrons. The maximum Gasteiger partial charge on any atom is 0.330 e. The lowest BCUT2D eigenvalue weighted by atomic mass is 10.1. The molecule has 0 spiro atoms. The van der Waals surface area contributed by atoms with Crippen LogP contribution in [-0.4, -0.2) is 96.0 Å². The van der Waals surface area contributed by atoms with E-state index in [-0.39, 0.29) is 0 Å². The minimum Gasteiger partial charge on any atom is -0.394 e. The van der Waals surface area contributed by atoms with Crippen molar-refractivity contribution in [3.8, 4) is 0 Å². The molecular weight excluding hydrogens is 523 g/mol. The summed E-state index contributed by atoms with van der Waals surface area (Å²) in [5.41, 5.74) is -3.14. The summed E-state index contributed by atoms with van der Waals surface area (Å²) in [7, 11) is -4.06. The highest BCUT2D eigenvalue weighted by molar-refractivity contribution is 7.53. The zero-order valence-corrected chi connectivity index (χ0v) is 20.0. The van der Waals surface area contributed by atoms with Crippen LogP contribution in [0.5, 0.6) is 0 Å². The van der Waals surface area contributed by atoms with Crippen molar-refractivity contribution in [3.05, 3.63) is 66.2 Å². The molecule has 2 aromatic rings. The van der Waals surface area contributed by atoms with Crippen LogP contribution in [-0.2, 0) is 23.1 Å². The molecule has 1 unspecified atom stereocenters. The van der Waals surface area contributed by atoms with E-state index >= 15 is 0 Å². The van der Waals surface area contributed by atoms with Gasteiger partial charge in [-0.25, -0.2) is 9.59 Å². The van der Waals surface area contributed by atoms with Gasteiger partial charge >= 0.3 is 19.0 Å². The fraction of sp³-hybridized carbons (Fsp3) is 0.579. The van der Waals surface area contributed by atoms with E-state index in [4.69, 9.17) is 18.5 Å². The Balaban J connectivity index is 1.43. The first-order valence-corrected chi connectivity index (χ1v) is 12.9. The van der Waals surface area contributed by atoms with E-state index in [9.17, 15) is 44.2 Å². The molecule has 0 bridgehead atoms. The van der Waals surface area contributed by atoms with Crippen molar-refractivity contribution in [2.45, 2.75) is 49.1 Å². The quantitative estimate of drug-likeness (QED) is 0.173. The molecule has 2 fully saturated rings. The Morgan fingerprint density at radius 2 is 1.41 bits per heavy atom. The molecule has 9 atom stereocenters. The van der Waals surface area contributed by atoms with Crippen LogP contribution in [0.4, 0.5) is 0 Å². The normalized spacial score (nSPS) is 33.4. The number of nitrogens with one attached hydrogen (secondary N) is 2. The average molecular weight is 548 g/mol. The fourth-order valence-electron chi connectivity index (χ4n) is 4.04. The smallest absolute Gasteiger partial charge is 0.330 e. The molecule has 2 aliphatic rings. The number of ether oxygens (including phenoxy) is 2. The number of H-pyrrole nitrogens is 2. The first-order chi connectivity index (χ1) is 17.4. The third-order valence-electron chi connectivity index (χ3n) is 5.86. The molecule has 0 saturated carbocycles. The fourth-order valence-corrected chi connectivity index (χ4v) is 5.22. The highest BCUT2D eigenvalue weighted by Crippen LogP contribution is 2.49. The maximum absolute atomic E-state index is 13.0. The second-order valence-electron chi connectivity index (χ2n) is 8.46. The molecule has 2 saturated heterocycles. The summed E-state index contributed by atoms with van der Waals surface area (Å²) in [6.07, 6.45) is -9.38. The topological polar surface area (TPSA) is 245 Å². The van der Waals surface area contributed by atoms with E-state index in [2.05, 4.69) is 0 Å². The zero-order valence-electron chi connectivity index (χ0n) is 19.1. The van der Waals surface area contributed by atoms with Crippen LogP contribution in [0.15, 0.2) is 43.7 Å². The lowest BCUT2D eigenvalue weighted by Crippen LogP contribution is -2.39. The molecular formula is C19H25N4O13P. The summed E-state index contributed by atoms with van der Waals surface area (Å²) >= 11 is 0. The highest BCUT2D eigenvalue weighted by atomic mass is 31.2. The van der Waals surface area contributed by atoms with Gasteiger partial charge in [-0.05, 0) is 0 Å². The van der Waals surface area contributed by atoms with Crippen molar-refractivity contribution >= 4 is 7.60 Å². The van der Waals surface area contributed by atoms with E-state index < -0.39 is 92.4 Å². The molecule has 2 aliphatic heterocycles. The Kier molecular flexibility index (Phi) is 7.80. The van der Waals surface area contributed by atoms with Crippen LogP contribution < -0.4 is 22.5 Å². The first kappa shape index (κ1) is 27.3. The largest absolute Gasteiger partial charge is 0.394 e. The molecule has 37 heavy (non-hydrogen) atoms. The summed E-state index contributed by atoms with van der Waals surface area (Å²) in [6, 6.07) is 2.03. The van der Waals surface area contributed by atoms with E-state index in [1.54, 1.807) is 0 Å². The van der Waals surface area contributed by atoms with Gasteiger partial charge in [-0.15, -0.1) is 0 Å². The molecule has 18 heteroatoms. The highest BCUT2D eigenvalue weighted by Gasteiger charge is 2.49. The molecule has 6 N–H and O–H groups in total. The standard InChI is InChI=1S/C19H25N4O13P/c1-37(32,33-7-9-12(27)13(28)16(35-9)22-4-2-10(25)20-18(22)30)36-15-8(6-24)34-17(14(15)29)23-5-3-11(26)21-19(23)31/h2-5,8-9,12-17,24,27-29H,6-7H2,1H3,(H,20,25,30)(H,21,26,31)/t8-,9-,12-,13-,14-,15-,16-,17-,37?/m1/s1. The number of aromatic nitrogens is 4. The van der Waals surface area contributed by atoms with E-state index in [0.717, 1.165) is 40.3 Å². The molecule has 0 aromatic carbocycles. The number of rotatable bonds is 8. The molecule has 204 valence electrons. The van der Waals surface area contributed by atoms with Gasteiger partial charge < -0.3 is 34.4 Å². The van der Waals surface area contributed by atoms with Crippen LogP contribution in [0.25, 0.3) is 0 Å². The number of aliphatic hydroxyl groups excluding tert-OH is 4. The number of nitrogens with zero attached hydrogens (tertiary/aromatic N) is 2. The lowest BCUT2D eigenvalue weighted by Gasteiger charge is -2.25. The van der Waals surface area contributed by atoms with E-state index in [0.29, 0.717) is 0 Å². The predicted octanol–water partition coefficient (Wildman–Crippen LogP) is -3.82. The monoisotopic (exact) mass is 548 g/mol. The third kappa shape index (κ3) is 5.59. The van der Waals surface area contributed by atoms with Gasteiger partial charge in [0.2, 0.25) is 0 Å². The molecule has 4 heterocycles. The van der Waals surface area contributed by atoms with Crippen LogP contribution in [0.1, 0.15) is 12.5 Å². The van der Waals surface area contributed by atoms with Crippen molar-refractivity contribution < 1.29 is 43.5 Å². The second kappa shape index (κ2) is 10.6. The zero-order chi connectivity index (χ0) is 27.1. The van der Waals surface area contributed by atoms with Crippen LogP contribution in [0, 0.1) is 0 Å². The minimum absolute atomic E-state index is 0.586. The van der Waals surface area contributed by atoms with Gasteiger partial charge in [0.15, 0.2) is 12.5 Å². The summed E-state index contributed by atoms with van der Waals surface area (Å²) in [5, 5.41) is 41.0. The third-order valence-corrected chi connectivity index (χ3v) is 7.11. The van der Waals surface area contributed by atoms with Gasteiger partial charge in [0, 0.05) is 31.2 Å². The molecule has 2 aromatic heterocycles. The molecule has 4 rings (SSSR count). The van der Waals surface area contributed by atoms with Gasteiger partial charge in [0.1, 0.15) is 36.6 Å².